The van der Waals surface area contributed by atoms with Crippen molar-refractivity contribution in [3.05, 3.63) is 64.2 Å². The van der Waals surface area contributed by atoms with Gasteiger partial charge in [-0.3, -0.25) is 5.41 Å². The van der Waals surface area contributed by atoms with Crippen LogP contribution in [0.5, 0.6) is 5.75 Å². The smallest absolute Gasteiger partial charge is 0.132 e. The number of rotatable bonds is 5. The van der Waals surface area contributed by atoms with Crippen LogP contribution >= 0.6 is 11.6 Å². The molecule has 4 heteroatoms. The van der Waals surface area contributed by atoms with Crippen molar-refractivity contribution in [2.45, 2.75) is 20.0 Å². The second-order valence-electron chi connectivity index (χ2n) is 4.51. The zero-order chi connectivity index (χ0) is 14.5. The number of nitrogens with one attached hydrogen (secondary N) is 1. The molecule has 2 aromatic rings. The molecule has 0 heterocycles. The van der Waals surface area contributed by atoms with Gasteiger partial charge in [-0.1, -0.05) is 42.8 Å². The Balaban J connectivity index is 2.13. The normalized spacial score (nSPS) is 10.3. The molecule has 0 unspecified atom stereocenters. The minimum absolute atomic E-state index is 0.0296. The first-order chi connectivity index (χ1) is 9.60. The fourth-order valence-corrected chi connectivity index (χ4v) is 2.03. The van der Waals surface area contributed by atoms with Crippen molar-refractivity contribution < 1.29 is 4.74 Å². The number of nitrogens with two attached hydrogens (primary N) is 1. The van der Waals surface area contributed by atoms with Crippen LogP contribution in [0.15, 0.2) is 42.5 Å². The van der Waals surface area contributed by atoms with Gasteiger partial charge in [0.25, 0.3) is 0 Å². The molecule has 0 radical (unpaired) electrons. The third kappa shape index (κ3) is 3.52. The Labute approximate surface area is 123 Å². The van der Waals surface area contributed by atoms with Crippen molar-refractivity contribution >= 4 is 17.4 Å². The first-order valence-electron chi connectivity index (χ1n) is 6.44. The second kappa shape index (κ2) is 6.44. The number of hydrogen-bond donors (Lipinski definition) is 2. The van der Waals surface area contributed by atoms with Gasteiger partial charge < -0.3 is 10.5 Å². The molecule has 3 nitrogen and oxygen atoms in total. The molecule has 0 aliphatic heterocycles. The van der Waals surface area contributed by atoms with Crippen LogP contribution in [0, 0.1) is 5.41 Å². The SMILES string of the molecule is CCc1ccc(COc2cc(Cl)ccc2C(=N)N)cc1. The molecule has 0 aliphatic carbocycles. The van der Waals surface area contributed by atoms with Crippen molar-refractivity contribution in [2.75, 3.05) is 0 Å². The molecule has 2 aromatic carbocycles. The summed E-state index contributed by atoms with van der Waals surface area (Å²) in [5, 5.41) is 8.10. The molecule has 0 spiro atoms. The van der Waals surface area contributed by atoms with E-state index in [4.69, 9.17) is 27.5 Å². The minimum atomic E-state index is -0.0296. The molecule has 0 amide bonds. The predicted octanol–water partition coefficient (Wildman–Crippen LogP) is 3.77. The van der Waals surface area contributed by atoms with E-state index >= 15 is 0 Å². The Hall–Kier alpha value is -2.00. The van der Waals surface area contributed by atoms with E-state index in [1.807, 2.05) is 12.1 Å². The number of amidine groups is 1. The molecule has 0 atom stereocenters. The molecular formula is C16H17ClN2O. The lowest BCUT2D eigenvalue weighted by Crippen LogP contribution is -2.13. The van der Waals surface area contributed by atoms with Gasteiger partial charge in [-0.25, -0.2) is 0 Å². The van der Waals surface area contributed by atoms with Gasteiger partial charge in [-0.05, 0) is 35.7 Å². The maximum absolute atomic E-state index is 7.54. The van der Waals surface area contributed by atoms with Gasteiger partial charge in [0.2, 0.25) is 0 Å². The quantitative estimate of drug-likeness (QED) is 0.650. The first kappa shape index (κ1) is 14.4. The molecule has 0 bridgehead atoms. The van der Waals surface area contributed by atoms with E-state index in [9.17, 15) is 0 Å². The van der Waals surface area contributed by atoms with Crippen LogP contribution in [0.3, 0.4) is 0 Å². The van der Waals surface area contributed by atoms with E-state index < -0.39 is 0 Å². The summed E-state index contributed by atoms with van der Waals surface area (Å²) in [5.41, 5.74) is 8.45. The maximum Gasteiger partial charge on any atom is 0.132 e. The fourth-order valence-electron chi connectivity index (χ4n) is 1.87. The van der Waals surface area contributed by atoms with Crippen LogP contribution in [0.1, 0.15) is 23.6 Å². The molecule has 0 fully saturated rings. The van der Waals surface area contributed by atoms with E-state index in [2.05, 4.69) is 19.1 Å². The number of halogens is 1. The monoisotopic (exact) mass is 288 g/mol. The first-order valence-corrected chi connectivity index (χ1v) is 6.82. The molecule has 2 rings (SSSR count). The van der Waals surface area contributed by atoms with Gasteiger partial charge in [0, 0.05) is 5.02 Å². The third-order valence-corrected chi connectivity index (χ3v) is 3.29. The highest BCUT2D eigenvalue weighted by Gasteiger charge is 2.07. The summed E-state index contributed by atoms with van der Waals surface area (Å²) in [5.74, 6) is 0.502. The Morgan fingerprint density at radius 2 is 1.80 bits per heavy atom. The summed E-state index contributed by atoms with van der Waals surface area (Å²) in [6.07, 6.45) is 1.02. The second-order valence-corrected chi connectivity index (χ2v) is 4.95. The summed E-state index contributed by atoms with van der Waals surface area (Å²) >= 11 is 5.95. The van der Waals surface area contributed by atoms with Crippen LogP contribution in [0.2, 0.25) is 5.02 Å². The molecule has 20 heavy (non-hydrogen) atoms. The van der Waals surface area contributed by atoms with Gasteiger partial charge in [0.05, 0.1) is 5.56 Å². The van der Waals surface area contributed by atoms with Gasteiger partial charge in [0.15, 0.2) is 0 Å². The summed E-state index contributed by atoms with van der Waals surface area (Å²) in [6.45, 7) is 2.54. The van der Waals surface area contributed by atoms with Crippen molar-refractivity contribution in [1.29, 1.82) is 5.41 Å². The summed E-state index contributed by atoms with van der Waals surface area (Å²) in [6, 6.07) is 13.3. The van der Waals surface area contributed by atoms with Crippen molar-refractivity contribution in [1.82, 2.24) is 0 Å². The highest BCUT2D eigenvalue weighted by Crippen LogP contribution is 2.24. The zero-order valence-corrected chi connectivity index (χ0v) is 12.1. The van der Waals surface area contributed by atoms with E-state index in [0.717, 1.165) is 12.0 Å². The highest BCUT2D eigenvalue weighted by molar-refractivity contribution is 6.30. The lowest BCUT2D eigenvalue weighted by atomic mass is 10.1. The topological polar surface area (TPSA) is 59.1 Å². The van der Waals surface area contributed by atoms with Crippen LogP contribution < -0.4 is 10.5 Å². The third-order valence-electron chi connectivity index (χ3n) is 3.06. The molecule has 0 aromatic heterocycles. The molecule has 0 aliphatic rings. The van der Waals surface area contributed by atoms with E-state index in [1.165, 1.54) is 5.56 Å². The maximum atomic E-state index is 7.54. The Morgan fingerprint density at radius 1 is 1.15 bits per heavy atom. The molecular weight excluding hydrogens is 272 g/mol. The van der Waals surface area contributed by atoms with Gasteiger partial charge >= 0.3 is 0 Å². The lowest BCUT2D eigenvalue weighted by Gasteiger charge is -2.11. The van der Waals surface area contributed by atoms with Crippen LogP contribution in [-0.4, -0.2) is 5.84 Å². The Morgan fingerprint density at radius 3 is 2.40 bits per heavy atom. The molecule has 0 saturated heterocycles. The molecule has 104 valence electrons. The van der Waals surface area contributed by atoms with E-state index in [-0.39, 0.29) is 5.84 Å². The van der Waals surface area contributed by atoms with Crippen LogP contribution in [0.4, 0.5) is 0 Å². The predicted molar refractivity (Wildman–Crippen MR) is 82.6 cm³/mol. The Kier molecular flexibility index (Phi) is 4.64. The van der Waals surface area contributed by atoms with Gasteiger partial charge in [-0.2, -0.15) is 0 Å². The largest absolute Gasteiger partial charge is 0.488 e. The average Bonchev–Trinajstić information content (AvgIpc) is 2.45. The van der Waals surface area contributed by atoms with Crippen molar-refractivity contribution in [2.24, 2.45) is 5.73 Å². The minimum Gasteiger partial charge on any atom is -0.488 e. The highest BCUT2D eigenvalue weighted by atomic mass is 35.5. The number of aryl methyl sites for hydroxylation is 1. The van der Waals surface area contributed by atoms with Gasteiger partial charge in [0.1, 0.15) is 18.2 Å². The number of benzene rings is 2. The van der Waals surface area contributed by atoms with Crippen LogP contribution in [0.25, 0.3) is 0 Å². The van der Waals surface area contributed by atoms with Gasteiger partial charge in [-0.15, -0.1) is 0 Å². The van der Waals surface area contributed by atoms with Crippen molar-refractivity contribution in [3.63, 3.8) is 0 Å². The molecule has 0 saturated carbocycles. The standard InChI is InChI=1S/C16H17ClN2O/c1-2-11-3-5-12(6-4-11)10-20-15-9-13(17)7-8-14(15)16(18)19/h3-9H,2,10H2,1H3,(H3,18,19). The van der Waals surface area contributed by atoms with Crippen LogP contribution in [-0.2, 0) is 13.0 Å². The number of ether oxygens (including phenoxy) is 1. The molecule has 3 N–H and O–H groups in total. The number of nitrogen functional groups attached to an aromatic ring is 1. The lowest BCUT2D eigenvalue weighted by molar-refractivity contribution is 0.305. The fraction of sp³-hybridized carbons (Fsp3) is 0.188. The van der Waals surface area contributed by atoms with E-state index in [1.54, 1.807) is 18.2 Å². The Bertz CT molecular complexity index is 608. The average molecular weight is 289 g/mol. The zero-order valence-electron chi connectivity index (χ0n) is 11.3. The summed E-state index contributed by atoms with van der Waals surface area (Å²) in [7, 11) is 0. The van der Waals surface area contributed by atoms with E-state index in [0.29, 0.717) is 22.9 Å². The number of hydrogen-bond acceptors (Lipinski definition) is 2. The summed E-state index contributed by atoms with van der Waals surface area (Å²) in [4.78, 5) is 0. The summed E-state index contributed by atoms with van der Waals surface area (Å²) < 4.78 is 5.73. The van der Waals surface area contributed by atoms with Crippen molar-refractivity contribution in [3.8, 4) is 5.75 Å².